The maximum Gasteiger partial charge on any atom is 0.114 e. The zero-order chi connectivity index (χ0) is 8.39. The number of hydrogen-bond acceptors (Lipinski definition) is 2. The third-order valence-electron chi connectivity index (χ3n) is 1.78. The molecule has 0 bridgehead atoms. The molecule has 0 saturated carbocycles. The topological polar surface area (TPSA) is 39.2 Å². The van der Waals surface area contributed by atoms with E-state index in [1.807, 2.05) is 30.3 Å². The van der Waals surface area contributed by atoms with Gasteiger partial charge in [-0.3, -0.25) is 0 Å². The Bertz CT molecular complexity index is 364. The van der Waals surface area contributed by atoms with Gasteiger partial charge in [0.1, 0.15) is 12.5 Å². The molecule has 0 radical (unpaired) electrons. The molecule has 0 spiro atoms. The van der Waals surface area contributed by atoms with Gasteiger partial charge >= 0.3 is 0 Å². The molecule has 2 rings (SSSR count). The van der Waals surface area contributed by atoms with E-state index < -0.39 is 0 Å². The van der Waals surface area contributed by atoms with Crippen molar-refractivity contribution in [3.05, 3.63) is 42.9 Å². The van der Waals surface area contributed by atoms with Crippen LogP contribution in [0.4, 0.5) is 5.69 Å². The Kier molecular flexibility index (Phi) is 1.59. The van der Waals surface area contributed by atoms with Crippen molar-refractivity contribution >= 4 is 5.69 Å². The fourth-order valence-corrected chi connectivity index (χ4v) is 1.16. The average molecular weight is 159 g/mol. The minimum atomic E-state index is 0.682. The second-order valence-corrected chi connectivity index (χ2v) is 2.61. The first-order valence-electron chi connectivity index (χ1n) is 3.75. The zero-order valence-corrected chi connectivity index (χ0v) is 6.53. The van der Waals surface area contributed by atoms with Crippen molar-refractivity contribution in [2.24, 2.45) is 0 Å². The molecule has 1 heterocycles. The van der Waals surface area contributed by atoms with E-state index in [1.54, 1.807) is 12.5 Å². The van der Waals surface area contributed by atoms with Crippen LogP contribution in [-0.2, 0) is 0 Å². The van der Waals surface area contributed by atoms with E-state index in [9.17, 15) is 0 Å². The fraction of sp³-hybridized carbons (Fsp3) is 0. The number of benzene rings is 1. The Morgan fingerprint density at radius 1 is 1.00 bits per heavy atom. The highest BCUT2D eigenvalue weighted by Crippen LogP contribution is 2.25. The van der Waals surface area contributed by atoms with Crippen LogP contribution >= 0.6 is 0 Å². The third kappa shape index (κ3) is 1.07. The number of nitrogens with two attached hydrogens (primary N) is 1. The lowest BCUT2D eigenvalue weighted by molar-refractivity contribution is 0.569. The van der Waals surface area contributed by atoms with Gasteiger partial charge in [-0.25, -0.2) is 0 Å². The fourth-order valence-electron chi connectivity index (χ4n) is 1.16. The van der Waals surface area contributed by atoms with Crippen molar-refractivity contribution in [3.63, 3.8) is 0 Å². The summed E-state index contributed by atoms with van der Waals surface area (Å²) in [7, 11) is 0. The van der Waals surface area contributed by atoms with Gasteiger partial charge in [0, 0.05) is 5.56 Å². The highest BCUT2D eigenvalue weighted by atomic mass is 16.3. The molecule has 0 amide bonds. The monoisotopic (exact) mass is 159 g/mol. The van der Waals surface area contributed by atoms with E-state index in [4.69, 9.17) is 10.2 Å². The first kappa shape index (κ1) is 6.98. The summed E-state index contributed by atoms with van der Waals surface area (Å²) in [6.45, 7) is 0. The lowest BCUT2D eigenvalue weighted by atomic mass is 10.1. The molecule has 0 aliphatic heterocycles. The van der Waals surface area contributed by atoms with Crippen LogP contribution in [0.2, 0.25) is 0 Å². The Morgan fingerprint density at radius 2 is 1.75 bits per heavy atom. The molecule has 0 fully saturated rings. The number of hydrogen-bond donors (Lipinski definition) is 1. The average Bonchev–Trinajstić information content (AvgIpc) is 2.53. The van der Waals surface area contributed by atoms with Gasteiger partial charge in [0.2, 0.25) is 0 Å². The van der Waals surface area contributed by atoms with Crippen LogP contribution in [0.15, 0.2) is 47.3 Å². The van der Waals surface area contributed by atoms with Gasteiger partial charge in [-0.05, 0) is 5.56 Å². The normalized spacial score (nSPS) is 10.0. The van der Waals surface area contributed by atoms with Gasteiger partial charge in [-0.2, -0.15) is 0 Å². The second kappa shape index (κ2) is 2.74. The molecule has 0 atom stereocenters. The van der Waals surface area contributed by atoms with Crippen molar-refractivity contribution < 1.29 is 4.42 Å². The van der Waals surface area contributed by atoms with Gasteiger partial charge in [-0.15, -0.1) is 0 Å². The Balaban J connectivity index is 2.51. The van der Waals surface area contributed by atoms with Crippen molar-refractivity contribution in [1.82, 2.24) is 0 Å². The third-order valence-corrected chi connectivity index (χ3v) is 1.78. The molecule has 60 valence electrons. The summed E-state index contributed by atoms with van der Waals surface area (Å²) in [5, 5.41) is 0. The standard InChI is InChI=1S/C10H9NO/c11-10-7-12-6-9(10)8-4-2-1-3-5-8/h1-7H,11H2. The highest BCUT2D eigenvalue weighted by Gasteiger charge is 2.02. The molecule has 2 N–H and O–H groups in total. The molecule has 0 saturated heterocycles. The van der Waals surface area contributed by atoms with E-state index in [0.29, 0.717) is 5.69 Å². The van der Waals surface area contributed by atoms with Gasteiger partial charge in [0.15, 0.2) is 0 Å². The second-order valence-electron chi connectivity index (χ2n) is 2.61. The summed E-state index contributed by atoms with van der Waals surface area (Å²) in [5.74, 6) is 0. The van der Waals surface area contributed by atoms with E-state index in [-0.39, 0.29) is 0 Å². The minimum Gasteiger partial charge on any atom is -0.470 e. The van der Waals surface area contributed by atoms with Gasteiger partial charge in [0.05, 0.1) is 5.69 Å². The smallest absolute Gasteiger partial charge is 0.114 e. The molecular weight excluding hydrogens is 150 g/mol. The Morgan fingerprint density at radius 3 is 2.33 bits per heavy atom. The molecule has 0 unspecified atom stereocenters. The van der Waals surface area contributed by atoms with Crippen LogP contribution in [0.5, 0.6) is 0 Å². The number of nitrogen functional groups attached to an aromatic ring is 1. The van der Waals surface area contributed by atoms with Crippen molar-refractivity contribution in [2.45, 2.75) is 0 Å². The first-order valence-corrected chi connectivity index (χ1v) is 3.75. The van der Waals surface area contributed by atoms with Gasteiger partial charge in [0.25, 0.3) is 0 Å². The molecule has 12 heavy (non-hydrogen) atoms. The maximum absolute atomic E-state index is 5.68. The molecule has 1 aromatic carbocycles. The summed E-state index contributed by atoms with van der Waals surface area (Å²) in [4.78, 5) is 0. The summed E-state index contributed by atoms with van der Waals surface area (Å²) >= 11 is 0. The van der Waals surface area contributed by atoms with Crippen LogP contribution in [0.3, 0.4) is 0 Å². The van der Waals surface area contributed by atoms with Crippen molar-refractivity contribution in [1.29, 1.82) is 0 Å². The summed E-state index contributed by atoms with van der Waals surface area (Å²) in [6, 6.07) is 9.92. The molecular formula is C10H9NO. The minimum absolute atomic E-state index is 0.682. The van der Waals surface area contributed by atoms with Crippen molar-refractivity contribution in [3.8, 4) is 11.1 Å². The number of furan rings is 1. The highest BCUT2D eigenvalue weighted by molar-refractivity contribution is 5.74. The zero-order valence-electron chi connectivity index (χ0n) is 6.53. The molecule has 0 aliphatic carbocycles. The van der Waals surface area contributed by atoms with E-state index in [1.165, 1.54) is 0 Å². The Hall–Kier alpha value is -1.70. The SMILES string of the molecule is Nc1cocc1-c1ccccc1. The molecule has 2 nitrogen and oxygen atoms in total. The van der Waals surface area contributed by atoms with Crippen LogP contribution < -0.4 is 5.73 Å². The first-order chi connectivity index (χ1) is 5.88. The largest absolute Gasteiger partial charge is 0.470 e. The summed E-state index contributed by atoms with van der Waals surface area (Å²) in [6.07, 6.45) is 3.20. The Labute approximate surface area is 70.6 Å². The summed E-state index contributed by atoms with van der Waals surface area (Å²) < 4.78 is 4.97. The maximum atomic E-state index is 5.68. The van der Waals surface area contributed by atoms with Crippen LogP contribution in [-0.4, -0.2) is 0 Å². The van der Waals surface area contributed by atoms with Gasteiger partial charge < -0.3 is 10.2 Å². The van der Waals surface area contributed by atoms with Crippen LogP contribution in [0.25, 0.3) is 11.1 Å². The lowest BCUT2D eigenvalue weighted by Gasteiger charge is -1.96. The number of anilines is 1. The predicted octanol–water partition coefficient (Wildman–Crippen LogP) is 2.53. The van der Waals surface area contributed by atoms with Crippen molar-refractivity contribution in [2.75, 3.05) is 5.73 Å². The van der Waals surface area contributed by atoms with E-state index in [0.717, 1.165) is 11.1 Å². The molecule has 2 heteroatoms. The van der Waals surface area contributed by atoms with Gasteiger partial charge in [-0.1, -0.05) is 30.3 Å². The molecule has 0 aliphatic rings. The molecule has 1 aromatic heterocycles. The molecule has 2 aromatic rings. The van der Waals surface area contributed by atoms with E-state index in [2.05, 4.69) is 0 Å². The van der Waals surface area contributed by atoms with Crippen LogP contribution in [0.1, 0.15) is 0 Å². The summed E-state index contributed by atoms with van der Waals surface area (Å²) in [5.41, 5.74) is 8.40. The van der Waals surface area contributed by atoms with Crippen LogP contribution in [0, 0.1) is 0 Å². The quantitative estimate of drug-likeness (QED) is 0.694. The predicted molar refractivity (Wildman–Crippen MR) is 48.6 cm³/mol. The lowest BCUT2D eigenvalue weighted by Crippen LogP contribution is -1.83. The van der Waals surface area contributed by atoms with E-state index >= 15 is 0 Å². The number of rotatable bonds is 1.